The highest BCUT2D eigenvalue weighted by Crippen LogP contribution is 2.44. The molecule has 0 spiro atoms. The number of ketones is 1. The molecule has 0 bridgehead atoms. The highest BCUT2D eigenvalue weighted by Gasteiger charge is 2.48. The first-order valence-electron chi connectivity index (χ1n) is 10.7. The number of Topliss-reactive ketones (excluding diaryl/α,β-unsaturated/α-hetero) is 1. The maximum atomic E-state index is 13.3. The minimum atomic E-state index is -0.968. The molecule has 10 heteroatoms. The van der Waals surface area contributed by atoms with Crippen LogP contribution in [-0.4, -0.2) is 31.7 Å². The largest absolute Gasteiger partial charge is 0.507 e. The minimum absolute atomic E-state index is 0.0718. The zero-order valence-corrected chi connectivity index (χ0v) is 19.2. The van der Waals surface area contributed by atoms with Crippen molar-refractivity contribution in [2.45, 2.75) is 19.4 Å². The van der Waals surface area contributed by atoms with Crippen molar-refractivity contribution in [2.75, 3.05) is 4.90 Å². The van der Waals surface area contributed by atoms with Crippen molar-refractivity contribution in [3.63, 3.8) is 0 Å². The van der Waals surface area contributed by atoms with Crippen molar-refractivity contribution in [2.24, 2.45) is 0 Å². The molecule has 1 amide bonds. The fraction of sp³-hybridized carbons (Fsp3) is 0.120. The van der Waals surface area contributed by atoms with Crippen molar-refractivity contribution in [1.82, 2.24) is 9.97 Å². The van der Waals surface area contributed by atoms with E-state index in [4.69, 9.17) is 0 Å². The predicted molar refractivity (Wildman–Crippen MR) is 131 cm³/mol. The van der Waals surface area contributed by atoms with Crippen LogP contribution in [-0.2, 0) is 16.0 Å². The molecule has 5 rings (SSSR count). The third-order valence-electron chi connectivity index (χ3n) is 5.86. The average molecular weight is 487 g/mol. The number of anilines is 1. The van der Waals surface area contributed by atoms with Gasteiger partial charge in [-0.3, -0.25) is 29.6 Å². The van der Waals surface area contributed by atoms with E-state index < -0.39 is 22.7 Å². The number of non-ortho nitro benzene ring substituents is 1. The molecule has 0 saturated carbocycles. The van der Waals surface area contributed by atoms with E-state index in [9.17, 15) is 24.8 Å². The van der Waals surface area contributed by atoms with Gasteiger partial charge in [0.15, 0.2) is 5.13 Å². The monoisotopic (exact) mass is 486 g/mol. The number of pyridine rings is 1. The van der Waals surface area contributed by atoms with Crippen molar-refractivity contribution in [3.8, 4) is 0 Å². The van der Waals surface area contributed by atoms with Gasteiger partial charge in [-0.2, -0.15) is 0 Å². The van der Waals surface area contributed by atoms with Crippen molar-refractivity contribution < 1.29 is 19.6 Å². The zero-order valence-electron chi connectivity index (χ0n) is 18.4. The van der Waals surface area contributed by atoms with Crippen molar-refractivity contribution in [3.05, 3.63) is 99.4 Å². The molecular weight excluding hydrogens is 468 g/mol. The number of carbonyl (C=O) groups excluding carboxylic acids is 2. The summed E-state index contributed by atoms with van der Waals surface area (Å²) in [6, 6.07) is 13.7. The van der Waals surface area contributed by atoms with Crippen LogP contribution in [0.25, 0.3) is 16.0 Å². The number of amides is 1. The molecule has 35 heavy (non-hydrogen) atoms. The molecule has 1 saturated heterocycles. The topological polar surface area (TPSA) is 127 Å². The number of aromatic nitrogens is 2. The summed E-state index contributed by atoms with van der Waals surface area (Å²) in [7, 11) is 0. The summed E-state index contributed by atoms with van der Waals surface area (Å²) >= 11 is 1.06. The average Bonchev–Trinajstić information content (AvgIpc) is 3.41. The fourth-order valence-electron chi connectivity index (χ4n) is 4.05. The molecule has 1 unspecified atom stereocenters. The van der Waals surface area contributed by atoms with Crippen molar-refractivity contribution in [1.29, 1.82) is 0 Å². The van der Waals surface area contributed by atoms with E-state index >= 15 is 0 Å². The molecule has 1 aliphatic rings. The smallest absolute Gasteiger partial charge is 0.301 e. The fourth-order valence-corrected chi connectivity index (χ4v) is 5.08. The van der Waals surface area contributed by atoms with E-state index in [0.29, 0.717) is 21.3 Å². The molecule has 9 nitrogen and oxygen atoms in total. The molecule has 174 valence electrons. The van der Waals surface area contributed by atoms with E-state index in [1.54, 1.807) is 30.5 Å². The van der Waals surface area contributed by atoms with Gasteiger partial charge in [0.25, 0.3) is 11.5 Å². The highest BCUT2D eigenvalue weighted by atomic mass is 32.1. The number of nitro benzene ring substituents is 1. The molecule has 2 aromatic carbocycles. The quantitative estimate of drug-likeness (QED) is 0.141. The number of aliphatic hydroxyl groups is 1. The lowest BCUT2D eigenvalue weighted by Crippen LogP contribution is -2.29. The molecular formula is C25H18N4O5S. The zero-order chi connectivity index (χ0) is 24.7. The van der Waals surface area contributed by atoms with Gasteiger partial charge in [-0.05, 0) is 29.7 Å². The van der Waals surface area contributed by atoms with Crippen LogP contribution in [0.3, 0.4) is 0 Å². The first-order valence-corrected chi connectivity index (χ1v) is 11.6. The number of hydrogen-bond acceptors (Lipinski definition) is 8. The Labute approximate surface area is 203 Å². The van der Waals surface area contributed by atoms with Crippen LogP contribution in [0.15, 0.2) is 72.6 Å². The minimum Gasteiger partial charge on any atom is -0.507 e. The van der Waals surface area contributed by atoms with Crippen LogP contribution in [0, 0.1) is 10.1 Å². The second-order valence-electron chi connectivity index (χ2n) is 7.91. The Morgan fingerprint density at radius 3 is 2.60 bits per heavy atom. The molecule has 4 aromatic rings. The summed E-state index contributed by atoms with van der Waals surface area (Å²) < 4.78 is 0.496. The maximum Gasteiger partial charge on any atom is 0.301 e. The van der Waals surface area contributed by atoms with Crippen molar-refractivity contribution >= 4 is 49.8 Å². The van der Waals surface area contributed by atoms with Crippen LogP contribution in [0.1, 0.15) is 29.7 Å². The van der Waals surface area contributed by atoms with Gasteiger partial charge in [0.05, 0.1) is 26.8 Å². The van der Waals surface area contributed by atoms with Gasteiger partial charge in [0, 0.05) is 30.1 Å². The lowest BCUT2D eigenvalue weighted by molar-refractivity contribution is -0.384. The number of aryl methyl sites for hydroxylation is 1. The molecule has 3 heterocycles. The van der Waals surface area contributed by atoms with Gasteiger partial charge in [-0.15, -0.1) is 0 Å². The SMILES string of the molecule is CCc1ccc(/C(O)=C2\C(=O)C(=O)N(c3nc4ccc([N+](=O)[O-])cc4s3)C2c2cccnc2)cc1. The van der Waals surface area contributed by atoms with E-state index in [0.717, 1.165) is 23.3 Å². The Balaban J connectivity index is 1.69. The summed E-state index contributed by atoms with van der Waals surface area (Å²) in [6.07, 6.45) is 3.90. The predicted octanol–water partition coefficient (Wildman–Crippen LogP) is 4.79. The number of hydrogen-bond donors (Lipinski definition) is 1. The molecule has 1 N–H and O–H groups in total. The summed E-state index contributed by atoms with van der Waals surface area (Å²) in [5.74, 6) is -1.99. The number of aliphatic hydroxyl groups excluding tert-OH is 1. The highest BCUT2D eigenvalue weighted by molar-refractivity contribution is 7.22. The lowest BCUT2D eigenvalue weighted by Gasteiger charge is -2.22. The summed E-state index contributed by atoms with van der Waals surface area (Å²) in [6.45, 7) is 2.01. The van der Waals surface area contributed by atoms with E-state index in [-0.39, 0.29) is 22.2 Å². The second-order valence-corrected chi connectivity index (χ2v) is 8.92. The number of nitrogens with zero attached hydrogens (tertiary/aromatic N) is 4. The number of thiazole rings is 1. The first-order chi connectivity index (χ1) is 16.9. The number of carbonyl (C=O) groups is 2. The number of rotatable bonds is 5. The second kappa shape index (κ2) is 8.73. The Kier molecular flexibility index (Phi) is 5.58. The van der Waals surface area contributed by atoms with Gasteiger partial charge >= 0.3 is 5.91 Å². The third-order valence-corrected chi connectivity index (χ3v) is 6.88. The normalized spacial score (nSPS) is 17.3. The van der Waals surface area contributed by atoms with Gasteiger partial charge < -0.3 is 5.11 Å². The van der Waals surface area contributed by atoms with Gasteiger partial charge in [-0.1, -0.05) is 48.6 Å². The Morgan fingerprint density at radius 1 is 1.17 bits per heavy atom. The maximum absolute atomic E-state index is 13.3. The van der Waals surface area contributed by atoms with Crippen LogP contribution >= 0.6 is 11.3 Å². The number of nitro groups is 1. The Hall–Kier alpha value is -4.44. The van der Waals surface area contributed by atoms with Gasteiger partial charge in [0.2, 0.25) is 0 Å². The molecule has 0 aliphatic carbocycles. The van der Waals surface area contributed by atoms with Crippen LogP contribution in [0.2, 0.25) is 0 Å². The third kappa shape index (κ3) is 3.83. The molecule has 1 atom stereocenters. The first kappa shape index (κ1) is 22.4. The number of fused-ring (bicyclic) bond motifs is 1. The van der Waals surface area contributed by atoms with E-state index in [1.165, 1.54) is 29.3 Å². The van der Waals surface area contributed by atoms with Crippen LogP contribution in [0.5, 0.6) is 0 Å². The molecule has 1 fully saturated rings. The number of benzene rings is 2. The molecule has 1 aliphatic heterocycles. The van der Waals surface area contributed by atoms with E-state index in [1.807, 2.05) is 19.1 Å². The summed E-state index contributed by atoms with van der Waals surface area (Å²) in [4.78, 5) is 47.0. The van der Waals surface area contributed by atoms with Gasteiger partial charge in [-0.25, -0.2) is 4.98 Å². The molecule has 2 aromatic heterocycles. The molecule has 0 radical (unpaired) electrons. The standard InChI is InChI=1S/C25H18N4O5S/c1-2-14-5-7-15(8-6-14)22(30)20-21(16-4-3-11-26-13-16)28(24(32)23(20)31)25-27-18-10-9-17(29(33)34)12-19(18)35-25/h3-13,21,30H,2H2,1H3/b22-20+. The van der Waals surface area contributed by atoms with E-state index in [2.05, 4.69) is 9.97 Å². The van der Waals surface area contributed by atoms with Crippen LogP contribution in [0.4, 0.5) is 10.8 Å². The Morgan fingerprint density at radius 2 is 1.94 bits per heavy atom. The lowest BCUT2D eigenvalue weighted by atomic mass is 9.96. The summed E-state index contributed by atoms with van der Waals surface area (Å²) in [5.41, 5.74) is 2.27. The van der Waals surface area contributed by atoms with Crippen LogP contribution < -0.4 is 4.90 Å². The van der Waals surface area contributed by atoms with Gasteiger partial charge in [0.1, 0.15) is 5.76 Å². The summed E-state index contributed by atoms with van der Waals surface area (Å²) in [5, 5.41) is 22.5. The Bertz CT molecular complexity index is 1510.